The van der Waals surface area contributed by atoms with E-state index in [1.807, 2.05) is 24.3 Å². The van der Waals surface area contributed by atoms with Gasteiger partial charge in [-0.05, 0) is 47.4 Å². The SMILES string of the molecule is CCSc1nc2sc3c(c2c(=O)n1-c1ccccc1OC)CCc1ccccc1-3. The summed E-state index contributed by atoms with van der Waals surface area (Å²) in [6, 6.07) is 16.1. The van der Waals surface area contributed by atoms with Gasteiger partial charge >= 0.3 is 0 Å². The molecule has 1 aliphatic rings. The van der Waals surface area contributed by atoms with Gasteiger partial charge in [-0.1, -0.05) is 55.1 Å². The van der Waals surface area contributed by atoms with E-state index in [-0.39, 0.29) is 5.56 Å². The lowest BCUT2D eigenvalue weighted by atomic mass is 9.90. The molecular formula is C23H20N2O2S2. The van der Waals surface area contributed by atoms with Crippen LogP contribution in [0.5, 0.6) is 5.75 Å². The molecule has 2 aromatic carbocycles. The lowest BCUT2D eigenvalue weighted by molar-refractivity contribution is 0.411. The van der Waals surface area contributed by atoms with Crippen LogP contribution in [0.2, 0.25) is 0 Å². The van der Waals surface area contributed by atoms with Crippen molar-refractivity contribution in [1.29, 1.82) is 0 Å². The van der Waals surface area contributed by atoms with Crippen LogP contribution in [0, 0.1) is 0 Å². The van der Waals surface area contributed by atoms with Gasteiger partial charge in [0.15, 0.2) is 5.16 Å². The maximum atomic E-state index is 13.8. The first kappa shape index (κ1) is 18.5. The number of para-hydroxylation sites is 2. The van der Waals surface area contributed by atoms with Crippen LogP contribution < -0.4 is 10.3 Å². The van der Waals surface area contributed by atoms with Crippen LogP contribution in [0.4, 0.5) is 0 Å². The summed E-state index contributed by atoms with van der Waals surface area (Å²) in [5.41, 5.74) is 4.45. The average molecular weight is 421 g/mol. The number of thiophene rings is 1. The van der Waals surface area contributed by atoms with Crippen molar-refractivity contribution in [3.8, 4) is 21.9 Å². The first-order chi connectivity index (χ1) is 14.2. The Morgan fingerprint density at radius 3 is 2.76 bits per heavy atom. The van der Waals surface area contributed by atoms with Gasteiger partial charge in [0, 0.05) is 4.88 Å². The maximum absolute atomic E-state index is 13.8. The zero-order valence-corrected chi connectivity index (χ0v) is 17.9. The molecule has 2 aromatic heterocycles. The number of aromatic nitrogens is 2. The Balaban J connectivity index is 1.85. The summed E-state index contributed by atoms with van der Waals surface area (Å²) in [4.78, 5) is 20.8. The number of hydrogen-bond acceptors (Lipinski definition) is 5. The molecule has 2 heterocycles. The minimum Gasteiger partial charge on any atom is -0.495 e. The Kier molecular flexibility index (Phi) is 4.68. The summed E-state index contributed by atoms with van der Waals surface area (Å²) in [7, 11) is 1.63. The minimum atomic E-state index is -0.00710. The Labute approximate surface area is 177 Å². The minimum absolute atomic E-state index is 0.00710. The summed E-state index contributed by atoms with van der Waals surface area (Å²) in [6.45, 7) is 2.07. The molecule has 29 heavy (non-hydrogen) atoms. The lowest BCUT2D eigenvalue weighted by Crippen LogP contribution is -2.22. The van der Waals surface area contributed by atoms with Crippen molar-refractivity contribution >= 4 is 33.3 Å². The molecule has 4 nitrogen and oxygen atoms in total. The third kappa shape index (κ3) is 2.90. The fourth-order valence-corrected chi connectivity index (χ4v) is 6.07. The number of benzene rings is 2. The highest BCUT2D eigenvalue weighted by molar-refractivity contribution is 7.99. The van der Waals surface area contributed by atoms with Crippen LogP contribution in [0.15, 0.2) is 58.5 Å². The zero-order valence-electron chi connectivity index (χ0n) is 16.3. The molecule has 0 spiro atoms. The molecule has 0 unspecified atom stereocenters. The van der Waals surface area contributed by atoms with Crippen molar-refractivity contribution in [1.82, 2.24) is 9.55 Å². The Hall–Kier alpha value is -2.57. The quantitative estimate of drug-likeness (QED) is 0.330. The number of ether oxygens (including phenoxy) is 1. The molecule has 0 saturated carbocycles. The van der Waals surface area contributed by atoms with Gasteiger partial charge in [-0.25, -0.2) is 4.98 Å². The highest BCUT2D eigenvalue weighted by atomic mass is 32.2. The number of aryl methyl sites for hydroxylation is 2. The topological polar surface area (TPSA) is 44.1 Å². The smallest absolute Gasteiger partial charge is 0.267 e. The molecule has 4 aromatic rings. The monoisotopic (exact) mass is 420 g/mol. The molecule has 5 rings (SSSR count). The predicted molar refractivity (Wildman–Crippen MR) is 121 cm³/mol. The molecule has 0 saturated heterocycles. The molecule has 0 N–H and O–H groups in total. The number of hydrogen-bond donors (Lipinski definition) is 0. The van der Waals surface area contributed by atoms with Crippen molar-refractivity contribution < 1.29 is 4.74 Å². The van der Waals surface area contributed by atoms with Gasteiger partial charge in [0.05, 0.1) is 18.2 Å². The second-order valence-corrected chi connectivity index (χ2v) is 9.12. The normalized spacial score (nSPS) is 12.6. The molecule has 0 fully saturated rings. The number of methoxy groups -OCH3 is 1. The van der Waals surface area contributed by atoms with Gasteiger partial charge in [-0.3, -0.25) is 9.36 Å². The van der Waals surface area contributed by atoms with Crippen LogP contribution in [-0.4, -0.2) is 22.4 Å². The van der Waals surface area contributed by atoms with Crippen LogP contribution >= 0.6 is 23.1 Å². The van der Waals surface area contributed by atoms with Gasteiger partial charge in [-0.15, -0.1) is 11.3 Å². The lowest BCUT2D eigenvalue weighted by Gasteiger charge is -2.17. The predicted octanol–water partition coefficient (Wildman–Crippen LogP) is 5.33. The average Bonchev–Trinajstić information content (AvgIpc) is 3.13. The van der Waals surface area contributed by atoms with Gasteiger partial charge in [-0.2, -0.15) is 0 Å². The van der Waals surface area contributed by atoms with Gasteiger partial charge in [0.25, 0.3) is 5.56 Å². The third-order valence-corrected chi connectivity index (χ3v) is 7.28. The molecule has 0 aliphatic heterocycles. The second-order valence-electron chi connectivity index (χ2n) is 6.89. The molecule has 0 bridgehead atoms. The van der Waals surface area contributed by atoms with Crippen molar-refractivity contribution in [2.45, 2.75) is 24.9 Å². The molecule has 1 aliphatic carbocycles. The van der Waals surface area contributed by atoms with Crippen molar-refractivity contribution in [2.75, 3.05) is 12.9 Å². The number of nitrogens with zero attached hydrogens (tertiary/aromatic N) is 2. The summed E-state index contributed by atoms with van der Waals surface area (Å²) < 4.78 is 7.27. The van der Waals surface area contributed by atoms with Crippen LogP contribution in [0.25, 0.3) is 26.3 Å². The number of fused-ring (bicyclic) bond motifs is 5. The summed E-state index contributed by atoms with van der Waals surface area (Å²) in [6.07, 6.45) is 1.82. The first-order valence-corrected chi connectivity index (χ1v) is 11.5. The number of thioether (sulfide) groups is 1. The van der Waals surface area contributed by atoms with Gasteiger partial charge in [0.1, 0.15) is 10.6 Å². The summed E-state index contributed by atoms with van der Waals surface area (Å²) in [5.74, 6) is 1.50. The standard InChI is InChI=1S/C23H20N2O2S2/c1-3-28-23-24-21-19(22(26)25(23)17-10-6-7-11-18(17)27-2)16-13-12-14-8-4-5-9-15(14)20(16)29-21/h4-11H,3,12-13H2,1-2H3. The van der Waals surface area contributed by atoms with E-state index < -0.39 is 0 Å². The van der Waals surface area contributed by atoms with E-state index >= 15 is 0 Å². The zero-order chi connectivity index (χ0) is 20.0. The van der Waals surface area contributed by atoms with Gasteiger partial charge < -0.3 is 4.74 Å². The molecule has 0 radical (unpaired) electrons. The van der Waals surface area contributed by atoms with Crippen molar-refractivity contribution in [3.05, 3.63) is 70.0 Å². The first-order valence-electron chi connectivity index (χ1n) is 9.65. The number of rotatable bonds is 4. The van der Waals surface area contributed by atoms with E-state index in [2.05, 4.69) is 31.2 Å². The van der Waals surface area contributed by atoms with E-state index in [4.69, 9.17) is 9.72 Å². The largest absolute Gasteiger partial charge is 0.495 e. The molecular weight excluding hydrogens is 400 g/mol. The Morgan fingerprint density at radius 2 is 1.93 bits per heavy atom. The van der Waals surface area contributed by atoms with Crippen molar-refractivity contribution in [2.24, 2.45) is 0 Å². The highest BCUT2D eigenvalue weighted by Gasteiger charge is 2.26. The third-order valence-electron chi connectivity index (χ3n) is 5.30. The fraction of sp³-hybridized carbons (Fsp3) is 0.217. The van der Waals surface area contributed by atoms with Crippen LogP contribution in [0.3, 0.4) is 0 Å². The molecule has 0 atom stereocenters. The molecule has 0 amide bonds. The van der Waals surface area contributed by atoms with E-state index in [1.165, 1.54) is 16.0 Å². The Morgan fingerprint density at radius 1 is 1.14 bits per heavy atom. The van der Waals surface area contributed by atoms with E-state index in [0.717, 1.165) is 40.1 Å². The van der Waals surface area contributed by atoms with Crippen LogP contribution in [0.1, 0.15) is 18.1 Å². The molecule has 146 valence electrons. The van der Waals surface area contributed by atoms with Gasteiger partial charge in [0.2, 0.25) is 0 Å². The van der Waals surface area contributed by atoms with E-state index in [9.17, 15) is 4.79 Å². The summed E-state index contributed by atoms with van der Waals surface area (Å²) in [5, 5.41) is 1.47. The highest BCUT2D eigenvalue weighted by Crippen LogP contribution is 2.42. The van der Waals surface area contributed by atoms with Crippen molar-refractivity contribution in [3.63, 3.8) is 0 Å². The Bertz CT molecular complexity index is 1290. The summed E-state index contributed by atoms with van der Waals surface area (Å²) >= 11 is 3.22. The van der Waals surface area contributed by atoms with E-state index in [1.54, 1.807) is 34.8 Å². The molecule has 6 heteroatoms. The van der Waals surface area contributed by atoms with Crippen LogP contribution in [-0.2, 0) is 12.8 Å². The maximum Gasteiger partial charge on any atom is 0.267 e. The van der Waals surface area contributed by atoms with E-state index in [0.29, 0.717) is 10.9 Å². The fourth-order valence-electron chi connectivity index (χ4n) is 4.02. The second kappa shape index (κ2) is 7.35.